The van der Waals surface area contributed by atoms with Crippen LogP contribution in [0.3, 0.4) is 0 Å². The fraction of sp³-hybridized carbons (Fsp3) is 0.636. The Morgan fingerprint density at radius 2 is 2.50 bits per heavy atom. The van der Waals surface area contributed by atoms with Gasteiger partial charge in [-0.1, -0.05) is 6.92 Å². The summed E-state index contributed by atoms with van der Waals surface area (Å²) in [4.78, 5) is 13.3. The van der Waals surface area contributed by atoms with Crippen LogP contribution in [0.4, 0.5) is 0 Å². The molecule has 0 saturated carbocycles. The maximum Gasteiger partial charge on any atom is 0.224 e. The van der Waals surface area contributed by atoms with Crippen molar-refractivity contribution in [2.24, 2.45) is 5.92 Å². The number of terminal acetylenes is 1. The first kappa shape index (κ1) is 10.6. The molecule has 1 aliphatic rings. The molecule has 0 aliphatic carbocycles. The van der Waals surface area contributed by atoms with Crippen molar-refractivity contribution >= 4 is 5.91 Å². The average molecular weight is 190 g/mol. The Hall–Kier alpha value is -1.48. The molecule has 2 unspecified atom stereocenters. The Morgan fingerprint density at radius 3 is 2.93 bits per heavy atom. The molecule has 0 aromatic rings. The van der Waals surface area contributed by atoms with Gasteiger partial charge in [-0.2, -0.15) is 5.26 Å². The highest BCUT2D eigenvalue weighted by atomic mass is 16.2. The molecule has 1 heterocycles. The van der Waals surface area contributed by atoms with E-state index in [2.05, 4.69) is 12.0 Å². The molecular formula is C11H14N2O. The third kappa shape index (κ3) is 2.06. The van der Waals surface area contributed by atoms with Crippen molar-refractivity contribution in [2.75, 3.05) is 6.54 Å². The first-order chi connectivity index (χ1) is 6.72. The number of hydrogen-bond donors (Lipinski definition) is 0. The van der Waals surface area contributed by atoms with Gasteiger partial charge in [0, 0.05) is 24.9 Å². The lowest BCUT2D eigenvalue weighted by Gasteiger charge is -2.24. The van der Waals surface area contributed by atoms with E-state index < -0.39 is 0 Å². The van der Waals surface area contributed by atoms with Gasteiger partial charge in [-0.05, 0) is 6.42 Å². The summed E-state index contributed by atoms with van der Waals surface area (Å²) in [6.45, 7) is 2.61. The minimum Gasteiger partial charge on any atom is -0.337 e. The Morgan fingerprint density at radius 1 is 1.79 bits per heavy atom. The summed E-state index contributed by atoms with van der Waals surface area (Å²) in [5.41, 5.74) is 0. The maximum atomic E-state index is 11.5. The van der Waals surface area contributed by atoms with Crippen LogP contribution in [0.5, 0.6) is 0 Å². The van der Waals surface area contributed by atoms with Crippen molar-refractivity contribution in [2.45, 2.75) is 32.2 Å². The van der Waals surface area contributed by atoms with Crippen LogP contribution in [-0.2, 0) is 4.79 Å². The number of carbonyl (C=O) groups excluding carboxylic acids is 1. The monoisotopic (exact) mass is 190 g/mol. The molecule has 14 heavy (non-hydrogen) atoms. The van der Waals surface area contributed by atoms with Crippen molar-refractivity contribution in [3.05, 3.63) is 0 Å². The normalized spacial score (nSPS) is 22.9. The van der Waals surface area contributed by atoms with E-state index in [-0.39, 0.29) is 17.9 Å². The standard InChI is InChI=1S/C11H14N2O/c1-3-9-7-11(14)13(8-9)10(4-2)5-6-12/h1,9-10H,4-5,7-8H2,2H3. The predicted octanol–water partition coefficient (Wildman–Crippen LogP) is 1.16. The van der Waals surface area contributed by atoms with Gasteiger partial charge in [0.15, 0.2) is 0 Å². The summed E-state index contributed by atoms with van der Waals surface area (Å²) in [7, 11) is 0. The number of rotatable bonds is 3. The zero-order valence-corrected chi connectivity index (χ0v) is 8.36. The van der Waals surface area contributed by atoms with E-state index in [4.69, 9.17) is 11.7 Å². The van der Waals surface area contributed by atoms with Gasteiger partial charge in [0.2, 0.25) is 5.91 Å². The van der Waals surface area contributed by atoms with Crippen molar-refractivity contribution in [1.82, 2.24) is 4.90 Å². The summed E-state index contributed by atoms with van der Waals surface area (Å²) in [5, 5.41) is 8.61. The molecule has 0 spiro atoms. The largest absolute Gasteiger partial charge is 0.337 e. The lowest BCUT2D eigenvalue weighted by Crippen LogP contribution is -2.35. The van der Waals surface area contributed by atoms with Gasteiger partial charge >= 0.3 is 0 Å². The Labute approximate surface area is 84.7 Å². The summed E-state index contributed by atoms with van der Waals surface area (Å²) >= 11 is 0. The highest BCUT2D eigenvalue weighted by molar-refractivity contribution is 5.79. The van der Waals surface area contributed by atoms with Crippen molar-refractivity contribution < 1.29 is 4.79 Å². The van der Waals surface area contributed by atoms with E-state index in [1.54, 1.807) is 4.90 Å². The van der Waals surface area contributed by atoms with Crippen LogP contribution >= 0.6 is 0 Å². The van der Waals surface area contributed by atoms with Crippen molar-refractivity contribution in [1.29, 1.82) is 5.26 Å². The SMILES string of the molecule is C#CC1CC(=O)N(C(CC)CC#N)C1. The fourth-order valence-electron chi connectivity index (χ4n) is 1.78. The second-order valence-electron chi connectivity index (χ2n) is 3.54. The van der Waals surface area contributed by atoms with Crippen molar-refractivity contribution in [3.63, 3.8) is 0 Å². The van der Waals surface area contributed by atoms with Gasteiger partial charge in [0.1, 0.15) is 0 Å². The minimum absolute atomic E-state index is 0.0373. The molecule has 1 fully saturated rings. The van der Waals surface area contributed by atoms with Crippen LogP contribution < -0.4 is 0 Å². The molecule has 1 aliphatic heterocycles. The van der Waals surface area contributed by atoms with Gasteiger partial charge < -0.3 is 4.90 Å². The Balaban J connectivity index is 2.65. The molecule has 0 bridgehead atoms. The number of nitrogens with zero attached hydrogens (tertiary/aromatic N) is 2. The van der Waals surface area contributed by atoms with E-state index in [1.165, 1.54) is 0 Å². The van der Waals surface area contributed by atoms with Crippen LogP contribution in [0.2, 0.25) is 0 Å². The molecule has 1 saturated heterocycles. The molecule has 0 N–H and O–H groups in total. The first-order valence-corrected chi connectivity index (χ1v) is 4.85. The molecule has 2 atom stereocenters. The molecule has 74 valence electrons. The highest BCUT2D eigenvalue weighted by Gasteiger charge is 2.32. The lowest BCUT2D eigenvalue weighted by molar-refractivity contribution is -0.129. The number of hydrogen-bond acceptors (Lipinski definition) is 2. The molecule has 0 aromatic heterocycles. The molecule has 3 nitrogen and oxygen atoms in total. The van der Waals surface area contributed by atoms with Gasteiger partial charge in [0.25, 0.3) is 0 Å². The third-order valence-electron chi connectivity index (χ3n) is 2.63. The van der Waals surface area contributed by atoms with E-state index in [9.17, 15) is 4.79 Å². The number of likely N-dealkylation sites (tertiary alicyclic amines) is 1. The summed E-state index contributed by atoms with van der Waals surface area (Å²) in [6, 6.07) is 2.15. The van der Waals surface area contributed by atoms with Crippen LogP contribution in [0.25, 0.3) is 0 Å². The maximum absolute atomic E-state index is 11.5. The first-order valence-electron chi connectivity index (χ1n) is 4.85. The number of amides is 1. The molecule has 3 heteroatoms. The van der Waals surface area contributed by atoms with E-state index in [0.717, 1.165) is 6.42 Å². The number of nitriles is 1. The molecular weight excluding hydrogens is 176 g/mol. The van der Waals surface area contributed by atoms with Gasteiger partial charge in [0.05, 0.1) is 12.5 Å². The zero-order valence-electron chi connectivity index (χ0n) is 8.36. The van der Waals surface area contributed by atoms with Crippen LogP contribution in [0.15, 0.2) is 0 Å². The Kier molecular flexibility index (Phi) is 3.54. The van der Waals surface area contributed by atoms with E-state index in [1.807, 2.05) is 6.92 Å². The molecule has 1 rings (SSSR count). The van der Waals surface area contributed by atoms with Crippen molar-refractivity contribution in [3.8, 4) is 18.4 Å². The summed E-state index contributed by atoms with van der Waals surface area (Å²) in [6.07, 6.45) is 6.94. The smallest absolute Gasteiger partial charge is 0.224 e. The second kappa shape index (κ2) is 4.67. The van der Waals surface area contributed by atoms with E-state index in [0.29, 0.717) is 19.4 Å². The minimum atomic E-state index is 0.0373. The quantitative estimate of drug-likeness (QED) is 0.627. The fourth-order valence-corrected chi connectivity index (χ4v) is 1.78. The summed E-state index contributed by atoms with van der Waals surface area (Å²) in [5.74, 6) is 2.73. The molecule has 0 aromatic carbocycles. The third-order valence-corrected chi connectivity index (χ3v) is 2.63. The van der Waals surface area contributed by atoms with Gasteiger partial charge in [-0.3, -0.25) is 4.79 Å². The lowest BCUT2D eigenvalue weighted by atomic mass is 10.1. The highest BCUT2D eigenvalue weighted by Crippen LogP contribution is 2.22. The second-order valence-corrected chi connectivity index (χ2v) is 3.54. The average Bonchev–Trinajstić information content (AvgIpc) is 2.56. The Bertz CT molecular complexity index is 297. The van der Waals surface area contributed by atoms with Gasteiger partial charge in [-0.25, -0.2) is 0 Å². The van der Waals surface area contributed by atoms with Crippen LogP contribution in [0, 0.1) is 29.6 Å². The van der Waals surface area contributed by atoms with Crippen LogP contribution in [-0.4, -0.2) is 23.4 Å². The summed E-state index contributed by atoms with van der Waals surface area (Å²) < 4.78 is 0. The topological polar surface area (TPSA) is 44.1 Å². The van der Waals surface area contributed by atoms with E-state index >= 15 is 0 Å². The molecule has 0 radical (unpaired) electrons. The predicted molar refractivity (Wildman–Crippen MR) is 53.0 cm³/mol. The van der Waals surface area contributed by atoms with Gasteiger partial charge in [-0.15, -0.1) is 12.3 Å². The zero-order chi connectivity index (χ0) is 10.6. The van der Waals surface area contributed by atoms with Crippen LogP contribution in [0.1, 0.15) is 26.2 Å². The molecule has 1 amide bonds. The number of carbonyl (C=O) groups is 1.